The van der Waals surface area contributed by atoms with Crippen molar-refractivity contribution < 1.29 is 28.7 Å². The second kappa shape index (κ2) is 20.0. The third kappa shape index (κ3) is 10.9. The van der Waals surface area contributed by atoms with Crippen molar-refractivity contribution in [2.24, 2.45) is 17.8 Å². The summed E-state index contributed by atoms with van der Waals surface area (Å²) in [5.41, 5.74) is 7.81. The Balaban J connectivity index is 2.23. The Labute approximate surface area is 301 Å². The molecule has 12 heteroatoms. The van der Waals surface area contributed by atoms with Crippen LogP contribution in [0.25, 0.3) is 0 Å². The fourth-order valence-corrected chi connectivity index (χ4v) is 7.05. The summed E-state index contributed by atoms with van der Waals surface area (Å²) < 4.78 is 12.0. The molecule has 1 aromatic rings. The van der Waals surface area contributed by atoms with Crippen molar-refractivity contribution in [2.45, 2.75) is 110 Å². The normalized spacial score (nSPS) is 19.0. The zero-order chi connectivity index (χ0) is 37.9. The highest BCUT2D eigenvalue weighted by atomic mass is 16.5. The first-order valence-electron chi connectivity index (χ1n) is 18.2. The minimum Gasteiger partial charge on any atom is -0.399 e. The molecule has 1 unspecified atom stereocenters. The summed E-state index contributed by atoms with van der Waals surface area (Å²) in [6, 6.07) is 5.83. The molecule has 0 aliphatic carbocycles. The maximum atomic E-state index is 14.1. The van der Waals surface area contributed by atoms with Crippen molar-refractivity contribution in [2.75, 3.05) is 61.2 Å². The molecule has 1 aliphatic rings. The van der Waals surface area contributed by atoms with Gasteiger partial charge in [-0.15, -0.1) is 0 Å². The predicted octanol–water partition coefficient (Wildman–Crippen LogP) is 3.28. The number of rotatable bonds is 19. The van der Waals surface area contributed by atoms with Gasteiger partial charge >= 0.3 is 0 Å². The number of nitrogens with zero attached hydrogens (tertiary/aromatic N) is 4. The Kier molecular flexibility index (Phi) is 17.2. The lowest BCUT2D eigenvalue weighted by Gasteiger charge is -2.41. The zero-order valence-electron chi connectivity index (χ0n) is 32.8. The van der Waals surface area contributed by atoms with Crippen LogP contribution in [0.4, 0.5) is 5.69 Å². The fourth-order valence-electron chi connectivity index (χ4n) is 7.05. The van der Waals surface area contributed by atoms with E-state index < -0.39 is 36.3 Å². The van der Waals surface area contributed by atoms with Crippen molar-refractivity contribution in [3.05, 3.63) is 29.8 Å². The van der Waals surface area contributed by atoms with Gasteiger partial charge in [-0.05, 0) is 63.7 Å². The van der Waals surface area contributed by atoms with Gasteiger partial charge in [0.25, 0.3) is 0 Å². The molecule has 0 spiro atoms. The molecule has 0 aromatic heterocycles. The van der Waals surface area contributed by atoms with Crippen LogP contribution in [0.1, 0.15) is 72.8 Å². The average molecular weight is 703 g/mol. The molecule has 50 heavy (non-hydrogen) atoms. The SMILES string of the molecule is CC[C@H](C)[C@@H](C(CC(=O)N1CCC[C@H]1[C@H](OC)[C@@H](C)C(=O)N(C)CCc1ccccc1N)OC)N(C)C(=O)[C@@H](NC(=O)[C@@H](C)N(C)C)C(C)C. The maximum absolute atomic E-state index is 14.1. The van der Waals surface area contributed by atoms with E-state index in [0.29, 0.717) is 25.2 Å². The zero-order valence-corrected chi connectivity index (χ0v) is 32.8. The lowest BCUT2D eigenvalue weighted by atomic mass is 9.89. The van der Waals surface area contributed by atoms with Crippen molar-refractivity contribution in [3.63, 3.8) is 0 Å². The summed E-state index contributed by atoms with van der Waals surface area (Å²) in [6.45, 7) is 12.7. The number of likely N-dealkylation sites (tertiary alicyclic amines) is 1. The highest BCUT2D eigenvalue weighted by molar-refractivity contribution is 5.90. The molecule has 1 heterocycles. The minimum absolute atomic E-state index is 0.00595. The quantitative estimate of drug-likeness (QED) is 0.210. The van der Waals surface area contributed by atoms with Crippen LogP contribution in [0, 0.1) is 17.8 Å². The lowest BCUT2D eigenvalue weighted by molar-refractivity contribution is -0.149. The highest BCUT2D eigenvalue weighted by Crippen LogP contribution is 2.30. The van der Waals surface area contributed by atoms with Crippen molar-refractivity contribution in [3.8, 4) is 0 Å². The molecule has 1 aromatic carbocycles. The van der Waals surface area contributed by atoms with E-state index in [1.165, 1.54) is 0 Å². The maximum Gasteiger partial charge on any atom is 0.245 e. The molecule has 1 saturated heterocycles. The number of methoxy groups -OCH3 is 2. The molecule has 1 aliphatic heterocycles. The van der Waals surface area contributed by atoms with Crippen LogP contribution in [0.5, 0.6) is 0 Å². The summed E-state index contributed by atoms with van der Waals surface area (Å²) >= 11 is 0. The molecule has 0 radical (unpaired) electrons. The van der Waals surface area contributed by atoms with Crippen molar-refractivity contribution >= 4 is 29.3 Å². The van der Waals surface area contributed by atoms with Gasteiger partial charge in [0.15, 0.2) is 0 Å². The first kappa shape index (κ1) is 42.9. The van der Waals surface area contributed by atoms with E-state index in [2.05, 4.69) is 19.2 Å². The Hall–Kier alpha value is -3.22. The number of anilines is 1. The van der Waals surface area contributed by atoms with Crippen LogP contribution in [0.15, 0.2) is 24.3 Å². The van der Waals surface area contributed by atoms with Crippen LogP contribution in [0.3, 0.4) is 0 Å². The van der Waals surface area contributed by atoms with Crippen molar-refractivity contribution in [1.82, 2.24) is 24.9 Å². The van der Waals surface area contributed by atoms with E-state index in [-0.39, 0.29) is 47.9 Å². The minimum atomic E-state index is -0.734. The average Bonchev–Trinajstić information content (AvgIpc) is 3.58. The van der Waals surface area contributed by atoms with E-state index >= 15 is 0 Å². The van der Waals surface area contributed by atoms with E-state index in [9.17, 15) is 19.2 Å². The fraction of sp³-hybridized carbons (Fsp3) is 0.737. The van der Waals surface area contributed by atoms with E-state index in [1.807, 2.05) is 64.0 Å². The predicted molar refractivity (Wildman–Crippen MR) is 198 cm³/mol. The summed E-state index contributed by atoms with van der Waals surface area (Å²) in [5.74, 6) is -1.22. The first-order valence-corrected chi connectivity index (χ1v) is 18.2. The molecule has 8 atom stereocenters. The molecule has 284 valence electrons. The number of nitrogens with two attached hydrogens (primary N) is 1. The Morgan fingerprint density at radius 2 is 1.62 bits per heavy atom. The largest absolute Gasteiger partial charge is 0.399 e. The number of carbonyl (C=O) groups excluding carboxylic acids is 4. The molecular formula is C38H66N6O6. The van der Waals surface area contributed by atoms with Gasteiger partial charge in [-0.25, -0.2) is 0 Å². The van der Waals surface area contributed by atoms with Gasteiger partial charge in [-0.2, -0.15) is 0 Å². The highest BCUT2D eigenvalue weighted by Gasteiger charge is 2.43. The molecule has 0 saturated carbocycles. The Bertz CT molecular complexity index is 1260. The van der Waals surface area contributed by atoms with Gasteiger partial charge < -0.3 is 35.2 Å². The third-order valence-corrected chi connectivity index (χ3v) is 10.8. The molecule has 4 amide bonds. The van der Waals surface area contributed by atoms with Gasteiger partial charge in [0.2, 0.25) is 23.6 Å². The summed E-state index contributed by atoms with van der Waals surface area (Å²) in [4.78, 5) is 61.8. The second-order valence-electron chi connectivity index (χ2n) is 14.7. The molecule has 2 rings (SSSR count). The number of nitrogen functional groups attached to an aromatic ring is 1. The Morgan fingerprint density at radius 1 is 0.980 bits per heavy atom. The molecule has 12 nitrogen and oxygen atoms in total. The van der Waals surface area contributed by atoms with Crippen LogP contribution >= 0.6 is 0 Å². The molecule has 0 bridgehead atoms. The van der Waals surface area contributed by atoms with Crippen LogP contribution in [-0.2, 0) is 35.1 Å². The smallest absolute Gasteiger partial charge is 0.245 e. The van der Waals surface area contributed by atoms with Gasteiger partial charge in [0.1, 0.15) is 6.04 Å². The van der Waals surface area contributed by atoms with Gasteiger partial charge in [-0.3, -0.25) is 24.1 Å². The lowest BCUT2D eigenvalue weighted by Crippen LogP contribution is -2.59. The van der Waals surface area contributed by atoms with E-state index in [0.717, 1.165) is 24.8 Å². The first-order chi connectivity index (χ1) is 23.5. The summed E-state index contributed by atoms with van der Waals surface area (Å²) in [7, 11) is 10.3. The van der Waals surface area contributed by atoms with Crippen LogP contribution < -0.4 is 11.1 Å². The van der Waals surface area contributed by atoms with Gasteiger partial charge in [0.05, 0.1) is 42.7 Å². The number of carbonyl (C=O) groups is 4. The number of nitrogens with one attached hydrogen (secondary N) is 1. The molecular weight excluding hydrogens is 636 g/mol. The monoisotopic (exact) mass is 703 g/mol. The number of benzene rings is 1. The number of amides is 4. The summed E-state index contributed by atoms with van der Waals surface area (Å²) in [6.07, 6.45) is 1.90. The third-order valence-electron chi connectivity index (χ3n) is 10.8. The Morgan fingerprint density at radius 3 is 2.16 bits per heavy atom. The van der Waals surface area contributed by atoms with E-state index in [1.54, 1.807) is 49.9 Å². The second-order valence-corrected chi connectivity index (χ2v) is 14.7. The topological polar surface area (TPSA) is 138 Å². The molecule has 3 N–H and O–H groups in total. The number of para-hydroxylation sites is 1. The van der Waals surface area contributed by atoms with E-state index in [4.69, 9.17) is 15.2 Å². The van der Waals surface area contributed by atoms with Crippen molar-refractivity contribution in [1.29, 1.82) is 0 Å². The number of likely N-dealkylation sites (N-methyl/N-ethyl adjacent to an activating group) is 3. The number of ether oxygens (including phenoxy) is 2. The molecule has 1 fully saturated rings. The van der Waals surface area contributed by atoms with Gasteiger partial charge in [0, 0.05) is 47.1 Å². The standard InChI is InChI=1S/C38H66N6O6/c1-13-25(4)34(43(10)38(48)33(24(2)3)40-36(46)27(6)41(7)8)31(49-11)23-32(45)44-21-16-19-30(44)35(50-12)26(5)37(47)42(9)22-20-28-17-14-15-18-29(28)39/h14-15,17-18,24-27,30-31,33-35H,13,16,19-23,39H2,1-12H3,(H,40,46)/t25-,26+,27+,30-,31?,33-,34-,35+/m0/s1. The van der Waals surface area contributed by atoms with Crippen LogP contribution in [0.2, 0.25) is 0 Å². The van der Waals surface area contributed by atoms with Gasteiger partial charge in [-0.1, -0.05) is 59.2 Å². The van der Waals surface area contributed by atoms with Crippen LogP contribution in [-0.4, -0.2) is 135 Å². The number of hydrogen-bond donors (Lipinski definition) is 2. The number of hydrogen-bond acceptors (Lipinski definition) is 8. The summed E-state index contributed by atoms with van der Waals surface area (Å²) in [5, 5.41) is 2.97.